The van der Waals surface area contributed by atoms with E-state index >= 15 is 0 Å². The summed E-state index contributed by atoms with van der Waals surface area (Å²) >= 11 is 1.76. The zero-order valence-corrected chi connectivity index (χ0v) is 18.7. The standard InChI is InChI=1S/C22H32N4O2S/c1-15-20(29-16(2)26-15)12-13-24-22(23-3)25-14-17-8-7-11-19(27-4)21(17)28-18-9-5-6-10-18/h7-8,11,18H,5-6,9-10,12-14H2,1-4H3,(H2,23,24,25). The molecule has 0 atom stereocenters. The molecule has 2 aromatic rings. The highest BCUT2D eigenvalue weighted by Crippen LogP contribution is 2.34. The molecule has 0 radical (unpaired) electrons. The van der Waals surface area contributed by atoms with E-state index in [1.165, 1.54) is 17.7 Å². The Bertz CT molecular complexity index is 828. The lowest BCUT2D eigenvalue weighted by molar-refractivity contribution is 0.198. The van der Waals surface area contributed by atoms with Gasteiger partial charge in [0.25, 0.3) is 0 Å². The highest BCUT2D eigenvalue weighted by Gasteiger charge is 2.20. The van der Waals surface area contributed by atoms with Crippen molar-refractivity contribution in [2.24, 2.45) is 4.99 Å². The highest BCUT2D eigenvalue weighted by molar-refractivity contribution is 7.11. The van der Waals surface area contributed by atoms with Gasteiger partial charge in [0.1, 0.15) is 0 Å². The van der Waals surface area contributed by atoms with Crippen LogP contribution in [0.1, 0.15) is 46.8 Å². The monoisotopic (exact) mass is 416 g/mol. The molecule has 0 spiro atoms. The first-order valence-electron chi connectivity index (χ1n) is 10.3. The number of aryl methyl sites for hydroxylation is 2. The van der Waals surface area contributed by atoms with Crippen LogP contribution in [-0.2, 0) is 13.0 Å². The zero-order valence-electron chi connectivity index (χ0n) is 17.9. The summed E-state index contributed by atoms with van der Waals surface area (Å²) in [6.07, 6.45) is 5.93. The molecule has 1 fully saturated rings. The summed E-state index contributed by atoms with van der Waals surface area (Å²) in [4.78, 5) is 10.2. The lowest BCUT2D eigenvalue weighted by Gasteiger charge is -2.20. The molecule has 2 N–H and O–H groups in total. The number of thiazole rings is 1. The van der Waals surface area contributed by atoms with Gasteiger partial charge in [0.15, 0.2) is 17.5 Å². The number of rotatable bonds is 8. The molecule has 1 aromatic carbocycles. The molecular formula is C22H32N4O2S. The number of guanidine groups is 1. The lowest BCUT2D eigenvalue weighted by atomic mass is 10.1. The lowest BCUT2D eigenvalue weighted by Crippen LogP contribution is -2.38. The Morgan fingerprint density at radius 3 is 2.69 bits per heavy atom. The number of hydrogen-bond acceptors (Lipinski definition) is 5. The van der Waals surface area contributed by atoms with Crippen LogP contribution in [0.3, 0.4) is 0 Å². The largest absolute Gasteiger partial charge is 0.493 e. The number of methoxy groups -OCH3 is 1. The van der Waals surface area contributed by atoms with E-state index in [1.54, 1.807) is 25.5 Å². The van der Waals surface area contributed by atoms with Gasteiger partial charge in [-0.15, -0.1) is 11.3 Å². The Kier molecular flexibility index (Phi) is 7.75. The van der Waals surface area contributed by atoms with Crippen molar-refractivity contribution in [2.45, 2.75) is 58.6 Å². The third-order valence-electron chi connectivity index (χ3n) is 5.18. The zero-order chi connectivity index (χ0) is 20.6. The summed E-state index contributed by atoms with van der Waals surface area (Å²) in [7, 11) is 3.48. The van der Waals surface area contributed by atoms with Crippen LogP contribution in [0.5, 0.6) is 11.5 Å². The fourth-order valence-corrected chi connectivity index (χ4v) is 4.60. The molecule has 0 unspecified atom stereocenters. The van der Waals surface area contributed by atoms with Crippen LogP contribution >= 0.6 is 11.3 Å². The van der Waals surface area contributed by atoms with Crippen LogP contribution in [0, 0.1) is 13.8 Å². The van der Waals surface area contributed by atoms with E-state index in [0.29, 0.717) is 6.54 Å². The van der Waals surface area contributed by atoms with Crippen molar-refractivity contribution in [3.8, 4) is 11.5 Å². The van der Waals surface area contributed by atoms with Crippen molar-refractivity contribution in [2.75, 3.05) is 20.7 Å². The molecule has 1 saturated carbocycles. The van der Waals surface area contributed by atoms with Crippen molar-refractivity contribution in [1.82, 2.24) is 15.6 Å². The van der Waals surface area contributed by atoms with Gasteiger partial charge < -0.3 is 20.1 Å². The van der Waals surface area contributed by atoms with Gasteiger partial charge in [-0.25, -0.2) is 4.98 Å². The van der Waals surface area contributed by atoms with Gasteiger partial charge in [0.05, 0.1) is 23.9 Å². The summed E-state index contributed by atoms with van der Waals surface area (Å²) in [6.45, 7) is 5.55. The molecule has 6 nitrogen and oxygen atoms in total. The SMILES string of the molecule is CN=C(NCCc1sc(C)nc1C)NCc1cccc(OC)c1OC1CCCC1. The van der Waals surface area contributed by atoms with Gasteiger partial charge in [0.2, 0.25) is 0 Å². The molecule has 29 heavy (non-hydrogen) atoms. The number of nitrogens with zero attached hydrogens (tertiary/aromatic N) is 2. The van der Waals surface area contributed by atoms with Gasteiger partial charge in [-0.1, -0.05) is 12.1 Å². The molecule has 0 amide bonds. The minimum atomic E-state index is 0.286. The molecule has 1 aromatic heterocycles. The molecule has 3 rings (SSSR count). The van der Waals surface area contributed by atoms with Crippen molar-refractivity contribution in [3.05, 3.63) is 39.3 Å². The molecule has 1 aliphatic carbocycles. The van der Waals surface area contributed by atoms with Gasteiger partial charge >= 0.3 is 0 Å². The van der Waals surface area contributed by atoms with Crippen LogP contribution in [0.2, 0.25) is 0 Å². The quantitative estimate of drug-likeness (QED) is 0.503. The summed E-state index contributed by atoms with van der Waals surface area (Å²) in [5.41, 5.74) is 2.20. The van der Waals surface area contributed by atoms with Crippen molar-refractivity contribution < 1.29 is 9.47 Å². The molecule has 0 bridgehead atoms. The second kappa shape index (κ2) is 10.5. The van der Waals surface area contributed by atoms with Gasteiger partial charge in [-0.2, -0.15) is 0 Å². The molecule has 7 heteroatoms. The third kappa shape index (κ3) is 5.85. The Labute approximate surface area is 177 Å². The summed E-state index contributed by atoms with van der Waals surface area (Å²) in [6, 6.07) is 6.04. The topological polar surface area (TPSA) is 67.8 Å². The summed E-state index contributed by atoms with van der Waals surface area (Å²) < 4.78 is 11.9. The average Bonchev–Trinajstić information content (AvgIpc) is 3.34. The highest BCUT2D eigenvalue weighted by atomic mass is 32.1. The van der Waals surface area contributed by atoms with Crippen LogP contribution in [0.25, 0.3) is 0 Å². The smallest absolute Gasteiger partial charge is 0.191 e. The van der Waals surface area contributed by atoms with Crippen LogP contribution in [0.4, 0.5) is 0 Å². The normalized spacial score (nSPS) is 14.8. The number of nitrogens with one attached hydrogen (secondary N) is 2. The first-order chi connectivity index (χ1) is 14.1. The number of aliphatic imine (C=N–C) groups is 1. The number of para-hydroxylation sites is 1. The van der Waals surface area contributed by atoms with E-state index in [1.807, 2.05) is 12.1 Å². The van der Waals surface area contributed by atoms with Gasteiger partial charge in [-0.3, -0.25) is 4.99 Å². The van der Waals surface area contributed by atoms with E-state index in [-0.39, 0.29) is 6.10 Å². The number of aromatic nitrogens is 1. The third-order valence-corrected chi connectivity index (χ3v) is 6.31. The molecule has 1 aliphatic rings. The maximum absolute atomic E-state index is 6.32. The van der Waals surface area contributed by atoms with E-state index < -0.39 is 0 Å². The van der Waals surface area contributed by atoms with Crippen LogP contribution < -0.4 is 20.1 Å². The molecular weight excluding hydrogens is 384 g/mol. The number of hydrogen-bond donors (Lipinski definition) is 2. The molecule has 0 aliphatic heterocycles. The van der Waals surface area contributed by atoms with E-state index in [9.17, 15) is 0 Å². The van der Waals surface area contributed by atoms with Crippen molar-refractivity contribution in [3.63, 3.8) is 0 Å². The average molecular weight is 417 g/mol. The van der Waals surface area contributed by atoms with Crippen molar-refractivity contribution in [1.29, 1.82) is 0 Å². The first-order valence-corrected chi connectivity index (χ1v) is 11.1. The van der Waals surface area contributed by atoms with Crippen molar-refractivity contribution >= 4 is 17.3 Å². The Balaban J connectivity index is 1.57. The van der Waals surface area contributed by atoms with E-state index in [0.717, 1.165) is 59.5 Å². The van der Waals surface area contributed by atoms with Gasteiger partial charge in [0, 0.05) is 37.0 Å². The number of benzene rings is 1. The van der Waals surface area contributed by atoms with E-state index in [4.69, 9.17) is 9.47 Å². The first kappa shape index (κ1) is 21.4. The number of ether oxygens (including phenoxy) is 2. The fraction of sp³-hybridized carbons (Fsp3) is 0.545. The van der Waals surface area contributed by atoms with E-state index in [2.05, 4.69) is 40.5 Å². The Morgan fingerprint density at radius 2 is 2.03 bits per heavy atom. The molecule has 158 valence electrons. The molecule has 0 saturated heterocycles. The predicted molar refractivity (Wildman–Crippen MR) is 119 cm³/mol. The minimum Gasteiger partial charge on any atom is -0.493 e. The minimum absolute atomic E-state index is 0.286. The molecule has 1 heterocycles. The fourth-order valence-electron chi connectivity index (χ4n) is 3.67. The van der Waals surface area contributed by atoms with Crippen LogP contribution in [-0.4, -0.2) is 37.7 Å². The van der Waals surface area contributed by atoms with Crippen LogP contribution in [0.15, 0.2) is 23.2 Å². The van der Waals surface area contributed by atoms with Gasteiger partial charge in [-0.05, 0) is 45.6 Å². The summed E-state index contributed by atoms with van der Waals surface area (Å²) in [5, 5.41) is 7.91. The maximum Gasteiger partial charge on any atom is 0.191 e. The second-order valence-electron chi connectivity index (χ2n) is 7.32. The predicted octanol–water partition coefficient (Wildman–Crippen LogP) is 4.00. The Morgan fingerprint density at radius 1 is 1.24 bits per heavy atom. The summed E-state index contributed by atoms with van der Waals surface area (Å²) in [5.74, 6) is 2.41. The second-order valence-corrected chi connectivity index (χ2v) is 8.60. The Hall–Kier alpha value is -2.28. The maximum atomic E-state index is 6.32.